The topological polar surface area (TPSA) is 63.5 Å². The number of hydrogen-bond acceptors (Lipinski definition) is 3. The van der Waals surface area contributed by atoms with Crippen LogP contribution in [0.3, 0.4) is 0 Å². The first-order chi connectivity index (χ1) is 10.7. The molecule has 0 bridgehead atoms. The Morgan fingerprint density at radius 1 is 1.32 bits per heavy atom. The molecule has 0 amide bonds. The second kappa shape index (κ2) is 8.07. The number of aromatic nitrogens is 2. The fourth-order valence-corrected chi connectivity index (χ4v) is 2.17. The monoisotopic (exact) mass is 301 g/mol. The Morgan fingerprint density at radius 3 is 2.82 bits per heavy atom. The number of ether oxygens (including phenoxy) is 1. The van der Waals surface area contributed by atoms with Crippen molar-refractivity contribution in [2.24, 2.45) is 12.0 Å². The minimum Gasteiger partial charge on any atom is -0.496 e. The fraction of sp³-hybridized carbons (Fsp3) is 0.375. The van der Waals surface area contributed by atoms with Gasteiger partial charge in [0.15, 0.2) is 5.96 Å². The number of nitrogens with zero attached hydrogens (tertiary/aromatic N) is 3. The summed E-state index contributed by atoms with van der Waals surface area (Å²) in [5, 5.41) is 10.7. The Bertz CT molecular complexity index is 621. The first-order valence-electron chi connectivity index (χ1n) is 7.27. The van der Waals surface area contributed by atoms with Crippen LogP contribution in [0, 0.1) is 0 Å². The maximum Gasteiger partial charge on any atom is 0.191 e. The van der Waals surface area contributed by atoms with Crippen molar-refractivity contribution in [3.8, 4) is 5.75 Å². The van der Waals surface area contributed by atoms with Crippen molar-refractivity contribution in [1.82, 2.24) is 20.4 Å². The van der Waals surface area contributed by atoms with Crippen LogP contribution in [0.15, 0.2) is 41.7 Å². The quantitative estimate of drug-likeness (QED) is 0.624. The van der Waals surface area contributed by atoms with Crippen molar-refractivity contribution >= 4 is 5.96 Å². The van der Waals surface area contributed by atoms with Crippen LogP contribution in [-0.2, 0) is 20.0 Å². The summed E-state index contributed by atoms with van der Waals surface area (Å²) in [7, 11) is 5.37. The van der Waals surface area contributed by atoms with Gasteiger partial charge in [-0.3, -0.25) is 9.67 Å². The van der Waals surface area contributed by atoms with Gasteiger partial charge in [-0.2, -0.15) is 5.10 Å². The van der Waals surface area contributed by atoms with E-state index in [2.05, 4.69) is 20.7 Å². The van der Waals surface area contributed by atoms with Crippen LogP contribution in [0.2, 0.25) is 0 Å². The van der Waals surface area contributed by atoms with Gasteiger partial charge < -0.3 is 15.4 Å². The minimum absolute atomic E-state index is 0.663. The van der Waals surface area contributed by atoms with Crippen LogP contribution in [0.1, 0.15) is 11.1 Å². The molecule has 0 radical (unpaired) electrons. The lowest BCUT2D eigenvalue weighted by molar-refractivity contribution is 0.409. The second-order valence-electron chi connectivity index (χ2n) is 4.94. The summed E-state index contributed by atoms with van der Waals surface area (Å²) in [6, 6.07) is 7.95. The molecule has 0 fully saturated rings. The molecule has 2 aromatic rings. The van der Waals surface area contributed by atoms with Gasteiger partial charge in [-0.05, 0) is 18.1 Å². The highest BCUT2D eigenvalue weighted by Crippen LogP contribution is 2.16. The number of para-hydroxylation sites is 1. The van der Waals surface area contributed by atoms with Crippen LogP contribution in [-0.4, -0.2) is 36.4 Å². The van der Waals surface area contributed by atoms with Crippen molar-refractivity contribution in [2.75, 3.05) is 20.7 Å². The van der Waals surface area contributed by atoms with E-state index in [4.69, 9.17) is 4.74 Å². The molecule has 0 aliphatic carbocycles. The Balaban J connectivity index is 1.80. The normalized spacial score (nSPS) is 11.3. The summed E-state index contributed by atoms with van der Waals surface area (Å²) >= 11 is 0. The van der Waals surface area contributed by atoms with E-state index in [1.165, 1.54) is 5.56 Å². The number of nitrogens with one attached hydrogen (secondary N) is 2. The van der Waals surface area contributed by atoms with Gasteiger partial charge in [0.05, 0.1) is 13.3 Å². The van der Waals surface area contributed by atoms with E-state index in [1.54, 1.807) is 14.2 Å². The molecule has 2 N–H and O–H groups in total. The van der Waals surface area contributed by atoms with Crippen molar-refractivity contribution in [1.29, 1.82) is 0 Å². The molecule has 0 unspecified atom stereocenters. The average molecular weight is 301 g/mol. The number of aliphatic imine (C=N–C) groups is 1. The highest BCUT2D eigenvalue weighted by molar-refractivity contribution is 5.79. The van der Waals surface area contributed by atoms with Gasteiger partial charge in [-0.1, -0.05) is 18.2 Å². The molecular formula is C16H23N5O. The molecule has 0 aliphatic rings. The first-order valence-corrected chi connectivity index (χ1v) is 7.27. The predicted molar refractivity (Wildman–Crippen MR) is 88.1 cm³/mol. The fourth-order valence-electron chi connectivity index (χ4n) is 2.17. The van der Waals surface area contributed by atoms with E-state index in [-0.39, 0.29) is 0 Å². The van der Waals surface area contributed by atoms with Gasteiger partial charge in [0.2, 0.25) is 0 Å². The van der Waals surface area contributed by atoms with E-state index < -0.39 is 0 Å². The highest BCUT2D eigenvalue weighted by atomic mass is 16.5. The number of rotatable bonds is 6. The molecule has 22 heavy (non-hydrogen) atoms. The minimum atomic E-state index is 0.663. The van der Waals surface area contributed by atoms with Crippen molar-refractivity contribution in [3.05, 3.63) is 47.8 Å². The zero-order valence-electron chi connectivity index (χ0n) is 13.3. The molecule has 1 aromatic heterocycles. The van der Waals surface area contributed by atoms with Crippen molar-refractivity contribution in [2.45, 2.75) is 13.0 Å². The number of methoxy groups -OCH3 is 1. The number of benzene rings is 1. The third-order valence-electron chi connectivity index (χ3n) is 3.33. The van der Waals surface area contributed by atoms with Crippen LogP contribution in [0.4, 0.5) is 0 Å². The maximum absolute atomic E-state index is 5.34. The third-order valence-corrected chi connectivity index (χ3v) is 3.33. The lowest BCUT2D eigenvalue weighted by atomic mass is 10.2. The van der Waals surface area contributed by atoms with Gasteiger partial charge in [-0.25, -0.2) is 0 Å². The van der Waals surface area contributed by atoms with Crippen LogP contribution in [0.25, 0.3) is 0 Å². The van der Waals surface area contributed by atoms with Crippen molar-refractivity contribution < 1.29 is 4.74 Å². The molecule has 1 aromatic carbocycles. The lowest BCUT2D eigenvalue weighted by Crippen LogP contribution is -2.37. The highest BCUT2D eigenvalue weighted by Gasteiger charge is 2.03. The number of aryl methyl sites for hydroxylation is 1. The molecule has 0 aliphatic heterocycles. The SMILES string of the molecule is CN=C(NCCc1cnn(C)c1)NCc1ccccc1OC. The number of guanidine groups is 1. The van der Waals surface area contributed by atoms with Crippen LogP contribution < -0.4 is 15.4 Å². The summed E-state index contributed by atoms with van der Waals surface area (Å²) < 4.78 is 7.15. The largest absolute Gasteiger partial charge is 0.496 e. The molecule has 0 atom stereocenters. The third kappa shape index (κ3) is 4.51. The Hall–Kier alpha value is -2.50. The second-order valence-corrected chi connectivity index (χ2v) is 4.94. The predicted octanol–water partition coefficient (Wildman–Crippen LogP) is 1.34. The molecule has 118 valence electrons. The summed E-state index contributed by atoms with van der Waals surface area (Å²) in [6.07, 6.45) is 4.81. The summed E-state index contributed by atoms with van der Waals surface area (Å²) in [5.74, 6) is 1.65. The lowest BCUT2D eigenvalue weighted by Gasteiger charge is -2.13. The molecule has 1 heterocycles. The summed E-state index contributed by atoms with van der Waals surface area (Å²) in [4.78, 5) is 4.23. The van der Waals surface area contributed by atoms with Crippen LogP contribution >= 0.6 is 0 Å². The smallest absolute Gasteiger partial charge is 0.191 e. The molecule has 0 spiro atoms. The zero-order valence-corrected chi connectivity index (χ0v) is 13.3. The van der Waals surface area contributed by atoms with Crippen LogP contribution in [0.5, 0.6) is 5.75 Å². The van der Waals surface area contributed by atoms with Gasteiger partial charge in [-0.15, -0.1) is 0 Å². The van der Waals surface area contributed by atoms with Gasteiger partial charge in [0, 0.05) is 38.9 Å². The van der Waals surface area contributed by atoms with E-state index >= 15 is 0 Å². The first kappa shape index (κ1) is 15.9. The summed E-state index contributed by atoms with van der Waals surface area (Å²) in [6.45, 7) is 1.47. The Kier molecular flexibility index (Phi) is 5.82. The van der Waals surface area contributed by atoms with E-state index in [0.29, 0.717) is 6.54 Å². The average Bonchev–Trinajstić information content (AvgIpc) is 2.96. The van der Waals surface area contributed by atoms with E-state index in [9.17, 15) is 0 Å². The number of hydrogen-bond donors (Lipinski definition) is 2. The molecule has 0 saturated carbocycles. The molecule has 6 nitrogen and oxygen atoms in total. The van der Waals surface area contributed by atoms with E-state index in [0.717, 1.165) is 30.2 Å². The van der Waals surface area contributed by atoms with Crippen molar-refractivity contribution in [3.63, 3.8) is 0 Å². The summed E-state index contributed by atoms with van der Waals surface area (Å²) in [5.41, 5.74) is 2.30. The Labute approximate surface area is 131 Å². The van der Waals surface area contributed by atoms with Gasteiger partial charge in [0.1, 0.15) is 5.75 Å². The zero-order chi connectivity index (χ0) is 15.8. The van der Waals surface area contributed by atoms with Gasteiger partial charge in [0.25, 0.3) is 0 Å². The maximum atomic E-state index is 5.34. The molecule has 0 saturated heterocycles. The Morgan fingerprint density at radius 2 is 2.14 bits per heavy atom. The molecule has 2 rings (SSSR count). The molecular weight excluding hydrogens is 278 g/mol. The standard InChI is InChI=1S/C16H23N5O/c1-17-16(18-9-8-13-10-20-21(2)12-13)19-11-14-6-4-5-7-15(14)22-3/h4-7,10,12H,8-9,11H2,1-3H3,(H2,17,18,19). The van der Waals surface area contributed by atoms with Gasteiger partial charge >= 0.3 is 0 Å². The molecule has 6 heteroatoms. The van der Waals surface area contributed by atoms with E-state index in [1.807, 2.05) is 48.4 Å².